The van der Waals surface area contributed by atoms with Crippen molar-refractivity contribution in [3.8, 4) is 0 Å². The summed E-state index contributed by atoms with van der Waals surface area (Å²) in [5, 5.41) is 31.0. The van der Waals surface area contributed by atoms with Gasteiger partial charge in [0.1, 0.15) is 6.10 Å². The first-order chi connectivity index (χ1) is 26.4. The number of ether oxygens (including phenoxy) is 7. The minimum absolute atomic E-state index is 0.162. The zero-order valence-electron chi connectivity index (χ0n) is 36.1. The fourth-order valence-electron chi connectivity index (χ4n) is 11.1. The number of methoxy groups -OCH3 is 1. The van der Waals surface area contributed by atoms with Crippen LogP contribution in [0.25, 0.3) is 0 Å². The lowest BCUT2D eigenvalue weighted by Gasteiger charge is -2.49. The molecule has 0 aromatic heterocycles. The standard InChI is InChI=1S/C44H76O12/c1-11-13-14-15-16-17-35(46)51-33-24-43(54-38(29(33)6)30(7)37(50-10)31(8)40(47)48)21-20-41(9,56-43)34-18-19-42(12-2,53-34)39-27(4)23-32(52-39)36-26(3)22-28(5)44(49,25-45)55-36/h26-34,36-39,45,49H,11-25H2,1-10H3,(H,47,48)/t26-,27-,28+,29+,30-,31-,32-,33-,34+,36-,37+,38-,39+,41+,42-,43+,44-/m0/s1. The molecule has 17 atom stereocenters. The second kappa shape index (κ2) is 18.5. The first-order valence-corrected chi connectivity index (χ1v) is 22.1. The minimum atomic E-state index is -1.58. The molecule has 1 spiro atoms. The average molecular weight is 797 g/mol. The Kier molecular flexibility index (Phi) is 15.1. The van der Waals surface area contributed by atoms with Crippen LogP contribution in [0.15, 0.2) is 0 Å². The van der Waals surface area contributed by atoms with Crippen LogP contribution in [-0.4, -0.2) is 106 Å². The van der Waals surface area contributed by atoms with Gasteiger partial charge in [-0.1, -0.05) is 74.1 Å². The van der Waals surface area contributed by atoms with Crippen LogP contribution < -0.4 is 0 Å². The number of aliphatic hydroxyl groups excluding tert-OH is 1. The highest BCUT2D eigenvalue weighted by atomic mass is 16.7. The normalized spacial score (nSPS) is 44.5. The second-order valence-corrected chi connectivity index (χ2v) is 18.9. The predicted octanol–water partition coefficient (Wildman–Crippen LogP) is 7.18. The van der Waals surface area contributed by atoms with Crippen LogP contribution in [0.1, 0.15) is 152 Å². The summed E-state index contributed by atoms with van der Waals surface area (Å²) >= 11 is 0. The van der Waals surface area contributed by atoms with Gasteiger partial charge >= 0.3 is 11.9 Å². The monoisotopic (exact) mass is 797 g/mol. The summed E-state index contributed by atoms with van der Waals surface area (Å²) in [5.41, 5.74) is -1.23. The number of hydrogen-bond acceptors (Lipinski definition) is 11. The summed E-state index contributed by atoms with van der Waals surface area (Å²) in [6, 6.07) is 0. The highest BCUT2D eigenvalue weighted by Crippen LogP contribution is 2.55. The van der Waals surface area contributed by atoms with Crippen molar-refractivity contribution in [2.45, 2.75) is 218 Å². The van der Waals surface area contributed by atoms with Crippen molar-refractivity contribution >= 4 is 11.9 Å². The zero-order valence-corrected chi connectivity index (χ0v) is 36.1. The Labute approximate surface area is 336 Å². The van der Waals surface area contributed by atoms with E-state index in [0.29, 0.717) is 25.7 Å². The molecular formula is C44H76O12. The van der Waals surface area contributed by atoms with Gasteiger partial charge in [0, 0.05) is 44.1 Å². The van der Waals surface area contributed by atoms with Gasteiger partial charge in [0.25, 0.3) is 0 Å². The van der Waals surface area contributed by atoms with Crippen LogP contribution >= 0.6 is 0 Å². The van der Waals surface area contributed by atoms with E-state index >= 15 is 0 Å². The van der Waals surface area contributed by atoms with E-state index in [4.69, 9.17) is 33.2 Å². The summed E-state index contributed by atoms with van der Waals surface area (Å²) < 4.78 is 46.5. The van der Waals surface area contributed by atoms with Gasteiger partial charge in [0.15, 0.2) is 11.6 Å². The van der Waals surface area contributed by atoms with Gasteiger partial charge in [-0.05, 0) is 70.6 Å². The Balaban J connectivity index is 1.32. The lowest BCUT2D eigenvalue weighted by atomic mass is 9.78. The third kappa shape index (κ3) is 9.33. The number of esters is 1. The third-order valence-corrected chi connectivity index (χ3v) is 14.8. The van der Waals surface area contributed by atoms with Crippen LogP contribution in [0.4, 0.5) is 0 Å². The van der Waals surface area contributed by atoms with Crippen LogP contribution in [-0.2, 0) is 42.7 Å². The molecule has 5 saturated heterocycles. The molecule has 0 aromatic carbocycles. The first-order valence-electron chi connectivity index (χ1n) is 22.1. The Hall–Kier alpha value is -1.38. The number of unbranched alkanes of at least 4 members (excludes halogenated alkanes) is 4. The SMILES string of the molecule is CCCCCCCC(=O)O[C@H]1C[C@]2(CC[C@](C)([C@H]3CC[C@@](CC)([C@@H]4O[C@H]([C@H]5O[C@@](O)(CO)[C@H](C)C[C@@H]5C)C[C@@H]4C)O3)O2)O[C@H]([C@@H](C)[C@@H](OC)[C@H](C)C(=O)O)[C@@H]1C. The highest BCUT2D eigenvalue weighted by molar-refractivity contribution is 5.70. The van der Waals surface area contributed by atoms with Crippen molar-refractivity contribution in [2.24, 2.45) is 35.5 Å². The molecule has 0 bridgehead atoms. The van der Waals surface area contributed by atoms with Gasteiger partial charge in [-0.2, -0.15) is 0 Å². The quantitative estimate of drug-likeness (QED) is 0.101. The van der Waals surface area contributed by atoms with Gasteiger partial charge < -0.3 is 48.5 Å². The maximum absolute atomic E-state index is 13.3. The predicted molar refractivity (Wildman–Crippen MR) is 210 cm³/mol. The molecule has 0 aromatic rings. The molecule has 12 nitrogen and oxygen atoms in total. The van der Waals surface area contributed by atoms with Crippen LogP contribution in [0.2, 0.25) is 0 Å². The molecule has 5 rings (SSSR count). The number of carboxylic acids is 1. The molecular weight excluding hydrogens is 720 g/mol. The first kappa shape index (κ1) is 45.7. The van der Waals surface area contributed by atoms with E-state index in [-0.39, 0.29) is 60.0 Å². The van der Waals surface area contributed by atoms with Crippen molar-refractivity contribution < 1.29 is 58.1 Å². The summed E-state index contributed by atoms with van der Waals surface area (Å²) in [6.07, 6.45) is 8.48. The van der Waals surface area contributed by atoms with Crippen molar-refractivity contribution in [1.82, 2.24) is 0 Å². The highest BCUT2D eigenvalue weighted by Gasteiger charge is 2.62. The number of carboxylic acid groups (broad SMARTS) is 1. The number of carbonyl (C=O) groups excluding carboxylic acids is 1. The number of carbonyl (C=O) groups is 2. The van der Waals surface area contributed by atoms with Crippen molar-refractivity contribution in [3.63, 3.8) is 0 Å². The Morgan fingerprint density at radius 2 is 1.64 bits per heavy atom. The summed E-state index contributed by atoms with van der Waals surface area (Å²) in [7, 11) is 1.54. The fourth-order valence-corrected chi connectivity index (χ4v) is 11.1. The van der Waals surface area contributed by atoms with Gasteiger partial charge in [-0.3, -0.25) is 9.59 Å². The number of rotatable bonds is 17. The largest absolute Gasteiger partial charge is 0.481 e. The Morgan fingerprint density at radius 1 is 0.929 bits per heavy atom. The molecule has 0 saturated carbocycles. The summed E-state index contributed by atoms with van der Waals surface area (Å²) in [6.45, 7) is 17.9. The molecule has 5 heterocycles. The maximum atomic E-state index is 13.3. The molecule has 0 radical (unpaired) electrons. The average Bonchev–Trinajstić information content (AvgIpc) is 3.87. The zero-order chi connectivity index (χ0) is 41.2. The topological polar surface area (TPSA) is 159 Å². The molecule has 324 valence electrons. The van der Waals surface area contributed by atoms with Crippen molar-refractivity contribution in [1.29, 1.82) is 0 Å². The molecule has 0 aliphatic carbocycles. The molecule has 3 N–H and O–H groups in total. The molecule has 0 amide bonds. The molecule has 0 unspecified atom stereocenters. The van der Waals surface area contributed by atoms with Gasteiger partial charge in [-0.15, -0.1) is 0 Å². The van der Waals surface area contributed by atoms with E-state index in [0.717, 1.165) is 64.2 Å². The molecule has 5 aliphatic heterocycles. The van der Waals surface area contributed by atoms with Gasteiger partial charge in [0.2, 0.25) is 0 Å². The van der Waals surface area contributed by atoms with Crippen LogP contribution in [0.3, 0.4) is 0 Å². The molecule has 12 heteroatoms. The Morgan fingerprint density at radius 3 is 2.29 bits per heavy atom. The third-order valence-electron chi connectivity index (χ3n) is 14.8. The van der Waals surface area contributed by atoms with E-state index in [1.54, 1.807) is 6.92 Å². The van der Waals surface area contributed by atoms with Gasteiger partial charge in [-0.25, -0.2) is 0 Å². The fraction of sp³-hybridized carbons (Fsp3) is 0.955. The summed E-state index contributed by atoms with van der Waals surface area (Å²) in [4.78, 5) is 25.4. The van der Waals surface area contributed by atoms with E-state index in [9.17, 15) is 24.9 Å². The van der Waals surface area contributed by atoms with Crippen LogP contribution in [0, 0.1) is 35.5 Å². The number of aliphatic carboxylic acids is 1. The van der Waals surface area contributed by atoms with E-state index in [1.165, 1.54) is 7.11 Å². The summed E-state index contributed by atoms with van der Waals surface area (Å²) in [5.74, 6) is -4.94. The maximum Gasteiger partial charge on any atom is 0.308 e. The van der Waals surface area contributed by atoms with Crippen molar-refractivity contribution in [2.75, 3.05) is 13.7 Å². The molecule has 56 heavy (non-hydrogen) atoms. The minimum Gasteiger partial charge on any atom is -0.481 e. The number of hydrogen-bond donors (Lipinski definition) is 3. The Bertz CT molecular complexity index is 1310. The molecule has 5 fully saturated rings. The molecule has 5 aliphatic rings. The number of aliphatic hydroxyl groups is 2. The lowest BCUT2D eigenvalue weighted by Crippen LogP contribution is -2.57. The van der Waals surface area contributed by atoms with Gasteiger partial charge in [0.05, 0.1) is 60.4 Å². The van der Waals surface area contributed by atoms with E-state index < -0.39 is 59.6 Å². The second-order valence-electron chi connectivity index (χ2n) is 18.9. The smallest absolute Gasteiger partial charge is 0.308 e. The van der Waals surface area contributed by atoms with E-state index in [1.807, 2.05) is 20.8 Å². The van der Waals surface area contributed by atoms with E-state index in [2.05, 4.69) is 34.6 Å². The lowest BCUT2D eigenvalue weighted by molar-refractivity contribution is -0.337. The van der Waals surface area contributed by atoms with Crippen LogP contribution in [0.5, 0.6) is 0 Å². The van der Waals surface area contributed by atoms with Crippen molar-refractivity contribution in [3.05, 3.63) is 0 Å².